The van der Waals surface area contributed by atoms with E-state index in [2.05, 4.69) is 0 Å². The summed E-state index contributed by atoms with van der Waals surface area (Å²) in [6.45, 7) is 3.56. The molecule has 0 aliphatic rings. The van der Waals surface area contributed by atoms with Crippen LogP contribution in [0.15, 0.2) is 24.3 Å². The van der Waals surface area contributed by atoms with E-state index in [1.165, 1.54) is 6.07 Å². The molecule has 0 bridgehead atoms. The highest BCUT2D eigenvalue weighted by Gasteiger charge is 2.31. The maximum absolute atomic E-state index is 12.8. The van der Waals surface area contributed by atoms with Crippen molar-refractivity contribution in [2.45, 2.75) is 39.3 Å². The van der Waals surface area contributed by atoms with E-state index in [0.717, 1.165) is 18.2 Å². The van der Waals surface area contributed by atoms with Crippen LogP contribution < -0.4 is 4.74 Å². The van der Waals surface area contributed by atoms with Crippen molar-refractivity contribution in [1.29, 1.82) is 0 Å². The second-order valence-electron chi connectivity index (χ2n) is 6.00. The number of nitro benzene ring substituents is 1. The van der Waals surface area contributed by atoms with Crippen LogP contribution in [-0.4, -0.2) is 11.2 Å². The quantitative estimate of drug-likeness (QED) is 0.298. The molecule has 0 unspecified atom stereocenters. The van der Waals surface area contributed by atoms with Crippen molar-refractivity contribution < 1.29 is 27.6 Å². The Morgan fingerprint density at radius 3 is 2.39 bits per heavy atom. The second kappa shape index (κ2) is 8.60. The molecule has 0 aliphatic carbocycles. The minimum atomic E-state index is -4.55. The van der Waals surface area contributed by atoms with Crippen LogP contribution in [0.3, 0.4) is 0 Å². The third-order valence-corrected chi connectivity index (χ3v) is 4.43. The summed E-state index contributed by atoms with van der Waals surface area (Å²) < 4.78 is 44.3. The van der Waals surface area contributed by atoms with Crippen molar-refractivity contribution in [3.05, 3.63) is 61.7 Å². The Hall–Kier alpha value is -2.61. The fraction of sp³-hybridized carbons (Fsp3) is 0.316. The van der Waals surface area contributed by atoms with Crippen LogP contribution in [0.2, 0.25) is 5.02 Å². The van der Waals surface area contributed by atoms with E-state index < -0.39 is 16.7 Å². The highest BCUT2D eigenvalue weighted by molar-refractivity contribution is 6.32. The van der Waals surface area contributed by atoms with Gasteiger partial charge in [-0.15, -0.1) is 0 Å². The summed E-state index contributed by atoms with van der Waals surface area (Å²) in [6.07, 6.45) is -2.87. The lowest BCUT2D eigenvalue weighted by atomic mass is 9.96. The van der Waals surface area contributed by atoms with Crippen LogP contribution in [0.25, 0.3) is 0 Å². The van der Waals surface area contributed by atoms with Gasteiger partial charge in [-0.1, -0.05) is 31.9 Å². The molecule has 5 nitrogen and oxygen atoms in total. The molecule has 0 aliphatic heterocycles. The maximum Gasteiger partial charge on any atom is 0.416 e. The summed E-state index contributed by atoms with van der Waals surface area (Å²) >= 11 is 5.96. The third kappa shape index (κ3) is 4.44. The number of hydrogen-bond donors (Lipinski definition) is 0. The highest BCUT2D eigenvalue weighted by atomic mass is 35.5. The molecule has 0 radical (unpaired) electrons. The minimum absolute atomic E-state index is 0.0348. The lowest BCUT2D eigenvalue weighted by Gasteiger charge is -2.18. The Kier molecular flexibility index (Phi) is 6.66. The van der Waals surface area contributed by atoms with Gasteiger partial charge in [-0.2, -0.15) is 13.2 Å². The van der Waals surface area contributed by atoms with Crippen molar-refractivity contribution in [3.8, 4) is 11.5 Å². The van der Waals surface area contributed by atoms with E-state index in [4.69, 9.17) is 16.3 Å². The summed E-state index contributed by atoms with van der Waals surface area (Å²) in [5.74, 6) is 0.172. The van der Waals surface area contributed by atoms with E-state index in [-0.39, 0.29) is 34.2 Å². The molecule has 0 amide bonds. The molecule has 0 aromatic heterocycles. The van der Waals surface area contributed by atoms with Gasteiger partial charge >= 0.3 is 6.18 Å². The Bertz CT molecular complexity index is 913. The zero-order valence-corrected chi connectivity index (χ0v) is 15.9. The number of nitrogens with zero attached hydrogens (tertiary/aromatic N) is 1. The Morgan fingerprint density at radius 1 is 1.25 bits per heavy atom. The molecule has 2 rings (SSSR count). The van der Waals surface area contributed by atoms with Crippen molar-refractivity contribution >= 4 is 23.6 Å². The molecular formula is C19H17ClF3NO4. The number of carbonyl (C=O) groups excluding carboxylic acids is 1. The molecule has 2 aromatic rings. The molecule has 9 heteroatoms. The standard InChI is InChI=1S/C19H17ClF3NO4/c1-3-5-11-8-16(24(26)27)14(10-25)13(4-2)18(11)28-17-7-6-12(9-15(17)20)19(21,22)23/h6-10H,3-5H2,1-2H3. The number of benzene rings is 2. The molecule has 0 N–H and O–H groups in total. The van der Waals surface area contributed by atoms with Gasteiger partial charge in [-0.3, -0.25) is 14.9 Å². The first kappa shape index (κ1) is 21.7. The van der Waals surface area contributed by atoms with Crippen molar-refractivity contribution in [2.75, 3.05) is 0 Å². The molecule has 28 heavy (non-hydrogen) atoms. The average Bonchev–Trinajstić information content (AvgIpc) is 2.62. The van der Waals surface area contributed by atoms with Gasteiger partial charge in [-0.05, 0) is 31.0 Å². The minimum Gasteiger partial charge on any atom is -0.455 e. The zero-order valence-electron chi connectivity index (χ0n) is 15.1. The Labute approximate surface area is 164 Å². The number of alkyl halides is 3. The molecule has 0 saturated carbocycles. The van der Waals surface area contributed by atoms with Crippen molar-refractivity contribution in [1.82, 2.24) is 0 Å². The van der Waals surface area contributed by atoms with Crippen LogP contribution in [0.1, 0.15) is 47.3 Å². The number of aldehydes is 1. The predicted molar refractivity (Wildman–Crippen MR) is 98.4 cm³/mol. The first-order chi connectivity index (χ1) is 13.1. The normalized spacial score (nSPS) is 11.4. The highest BCUT2D eigenvalue weighted by Crippen LogP contribution is 2.41. The molecule has 150 valence electrons. The third-order valence-electron chi connectivity index (χ3n) is 4.14. The van der Waals surface area contributed by atoms with E-state index in [0.29, 0.717) is 30.3 Å². The van der Waals surface area contributed by atoms with Gasteiger partial charge in [0.15, 0.2) is 6.29 Å². The number of nitro groups is 1. The number of carbonyl (C=O) groups is 1. The van der Waals surface area contributed by atoms with Gasteiger partial charge in [0.2, 0.25) is 0 Å². The summed E-state index contributed by atoms with van der Waals surface area (Å²) in [7, 11) is 0. The first-order valence-electron chi connectivity index (χ1n) is 8.46. The maximum atomic E-state index is 12.8. The van der Waals surface area contributed by atoms with Gasteiger partial charge in [0.25, 0.3) is 5.69 Å². The van der Waals surface area contributed by atoms with Gasteiger partial charge in [-0.25, -0.2) is 0 Å². The Balaban J connectivity index is 2.64. The zero-order chi connectivity index (χ0) is 21.1. The van der Waals surface area contributed by atoms with Gasteiger partial charge in [0, 0.05) is 17.2 Å². The van der Waals surface area contributed by atoms with Gasteiger partial charge in [0.05, 0.1) is 21.1 Å². The molecule has 0 saturated heterocycles. The van der Waals surface area contributed by atoms with Crippen LogP contribution in [0.4, 0.5) is 18.9 Å². The predicted octanol–water partition coefficient (Wildman–Crippen LogP) is 6.39. The molecule has 0 spiro atoms. The summed E-state index contributed by atoms with van der Waals surface area (Å²) in [6, 6.07) is 3.93. The molecular weight excluding hydrogens is 399 g/mol. The van der Waals surface area contributed by atoms with Crippen molar-refractivity contribution in [2.24, 2.45) is 0 Å². The lowest BCUT2D eigenvalue weighted by molar-refractivity contribution is -0.385. The Morgan fingerprint density at radius 2 is 1.93 bits per heavy atom. The number of hydrogen-bond acceptors (Lipinski definition) is 4. The number of halogens is 4. The smallest absolute Gasteiger partial charge is 0.416 e. The van der Waals surface area contributed by atoms with E-state index in [1.807, 2.05) is 6.92 Å². The van der Waals surface area contributed by atoms with Gasteiger partial charge < -0.3 is 4.74 Å². The molecule has 0 atom stereocenters. The van der Waals surface area contributed by atoms with Crippen LogP contribution in [-0.2, 0) is 19.0 Å². The molecule has 0 fully saturated rings. The summed E-state index contributed by atoms with van der Waals surface area (Å²) in [4.78, 5) is 22.2. The fourth-order valence-corrected chi connectivity index (χ4v) is 3.08. The average molecular weight is 416 g/mol. The van der Waals surface area contributed by atoms with Gasteiger partial charge in [0.1, 0.15) is 11.5 Å². The van der Waals surface area contributed by atoms with E-state index >= 15 is 0 Å². The molecule has 2 aromatic carbocycles. The first-order valence-corrected chi connectivity index (χ1v) is 8.84. The second-order valence-corrected chi connectivity index (χ2v) is 6.41. The number of aryl methyl sites for hydroxylation is 1. The van der Waals surface area contributed by atoms with Crippen LogP contribution in [0.5, 0.6) is 11.5 Å². The molecule has 0 heterocycles. The van der Waals surface area contributed by atoms with Crippen LogP contribution in [0, 0.1) is 10.1 Å². The summed E-state index contributed by atoms with van der Waals surface area (Å²) in [5, 5.41) is 11.1. The van der Waals surface area contributed by atoms with Crippen molar-refractivity contribution in [3.63, 3.8) is 0 Å². The fourth-order valence-electron chi connectivity index (χ4n) is 2.86. The van der Waals surface area contributed by atoms with Crippen LogP contribution >= 0.6 is 11.6 Å². The number of ether oxygens (including phenoxy) is 1. The summed E-state index contributed by atoms with van der Waals surface area (Å²) in [5.41, 5.74) is -0.589. The monoisotopic (exact) mass is 415 g/mol. The van der Waals surface area contributed by atoms with E-state index in [1.54, 1.807) is 6.92 Å². The largest absolute Gasteiger partial charge is 0.455 e. The van der Waals surface area contributed by atoms with E-state index in [9.17, 15) is 28.1 Å². The SMILES string of the molecule is CCCc1cc([N+](=O)[O-])c(C=O)c(CC)c1Oc1ccc(C(F)(F)F)cc1Cl. The lowest BCUT2D eigenvalue weighted by Crippen LogP contribution is -2.07. The number of rotatable bonds is 7. The topological polar surface area (TPSA) is 69.4 Å².